The summed E-state index contributed by atoms with van der Waals surface area (Å²) in [5.41, 5.74) is 5.38. The molecule has 1 amide bonds. The highest BCUT2D eigenvalue weighted by atomic mass is 16.1. The van der Waals surface area contributed by atoms with Crippen molar-refractivity contribution in [1.29, 1.82) is 0 Å². The lowest BCUT2D eigenvalue weighted by atomic mass is 10.1. The molecule has 76 valence electrons. The smallest absolute Gasteiger partial charge is 0.223 e. The zero-order chi connectivity index (χ0) is 9.84. The van der Waals surface area contributed by atoms with Crippen LogP contribution < -0.4 is 11.1 Å². The van der Waals surface area contributed by atoms with E-state index in [9.17, 15) is 4.79 Å². The van der Waals surface area contributed by atoms with Crippen molar-refractivity contribution in [3.63, 3.8) is 0 Å². The Morgan fingerprint density at radius 3 is 2.77 bits per heavy atom. The van der Waals surface area contributed by atoms with Crippen LogP contribution in [0.1, 0.15) is 33.1 Å². The van der Waals surface area contributed by atoms with Crippen LogP contribution in [0.25, 0.3) is 0 Å². The van der Waals surface area contributed by atoms with Gasteiger partial charge < -0.3 is 11.1 Å². The van der Waals surface area contributed by atoms with Gasteiger partial charge in [-0.05, 0) is 31.7 Å². The molecule has 1 aliphatic rings. The molecule has 1 aliphatic carbocycles. The van der Waals surface area contributed by atoms with Crippen LogP contribution in [0.15, 0.2) is 0 Å². The van der Waals surface area contributed by atoms with Gasteiger partial charge in [-0.3, -0.25) is 4.79 Å². The lowest BCUT2D eigenvalue weighted by Gasteiger charge is -2.10. The zero-order valence-corrected chi connectivity index (χ0v) is 8.55. The lowest BCUT2D eigenvalue weighted by Crippen LogP contribution is -2.31. The summed E-state index contributed by atoms with van der Waals surface area (Å²) in [6.07, 6.45) is 2.99. The minimum absolute atomic E-state index is 0.122. The van der Waals surface area contributed by atoms with Crippen LogP contribution in [0.3, 0.4) is 0 Å². The molecule has 0 spiro atoms. The van der Waals surface area contributed by atoms with Crippen molar-refractivity contribution in [3.05, 3.63) is 0 Å². The Morgan fingerprint density at radius 1 is 1.69 bits per heavy atom. The molecule has 1 saturated carbocycles. The Labute approximate surface area is 80.1 Å². The summed E-state index contributed by atoms with van der Waals surface area (Å²) < 4.78 is 0. The molecule has 1 rings (SSSR count). The molecule has 0 saturated heterocycles. The summed E-state index contributed by atoms with van der Waals surface area (Å²) in [7, 11) is 0. The van der Waals surface area contributed by atoms with Gasteiger partial charge in [0.15, 0.2) is 0 Å². The van der Waals surface area contributed by atoms with Gasteiger partial charge in [-0.1, -0.05) is 13.8 Å². The quantitative estimate of drug-likeness (QED) is 0.666. The second-order valence-electron chi connectivity index (χ2n) is 4.16. The Balaban J connectivity index is 2.14. The number of nitrogens with one attached hydrogen (secondary N) is 1. The van der Waals surface area contributed by atoms with Gasteiger partial charge in [0.1, 0.15) is 0 Å². The first-order valence-electron chi connectivity index (χ1n) is 5.15. The van der Waals surface area contributed by atoms with E-state index in [0.29, 0.717) is 18.5 Å². The number of nitrogens with two attached hydrogens (primary N) is 1. The Kier molecular flexibility index (Phi) is 3.72. The molecule has 3 N–H and O–H groups in total. The second-order valence-corrected chi connectivity index (χ2v) is 4.16. The number of hydrogen-bond donors (Lipinski definition) is 2. The van der Waals surface area contributed by atoms with Crippen molar-refractivity contribution in [2.24, 2.45) is 17.6 Å². The molecule has 3 heteroatoms. The molecule has 3 nitrogen and oxygen atoms in total. The average Bonchev–Trinajstić information content (AvgIpc) is 2.77. The molecule has 0 radical (unpaired) electrons. The normalized spacial score (nSPS) is 28.2. The third kappa shape index (κ3) is 3.35. The third-order valence-electron chi connectivity index (χ3n) is 2.73. The van der Waals surface area contributed by atoms with Crippen molar-refractivity contribution in [2.75, 3.05) is 6.54 Å². The van der Waals surface area contributed by atoms with Crippen molar-refractivity contribution >= 4 is 5.91 Å². The fourth-order valence-corrected chi connectivity index (χ4v) is 1.40. The topological polar surface area (TPSA) is 55.1 Å². The molecular weight excluding hydrogens is 164 g/mol. The fraction of sp³-hybridized carbons (Fsp3) is 0.900. The van der Waals surface area contributed by atoms with Crippen LogP contribution in [-0.2, 0) is 4.79 Å². The fourth-order valence-electron chi connectivity index (χ4n) is 1.40. The first-order chi connectivity index (χ1) is 6.15. The monoisotopic (exact) mass is 184 g/mol. The minimum Gasteiger partial charge on any atom is -0.353 e. The zero-order valence-electron chi connectivity index (χ0n) is 8.55. The van der Waals surface area contributed by atoms with E-state index in [-0.39, 0.29) is 11.8 Å². The van der Waals surface area contributed by atoms with E-state index in [1.54, 1.807) is 0 Å². The number of hydrogen-bond acceptors (Lipinski definition) is 2. The predicted molar refractivity (Wildman–Crippen MR) is 53.2 cm³/mol. The number of carbonyl (C=O) groups is 1. The van der Waals surface area contributed by atoms with Crippen molar-refractivity contribution in [1.82, 2.24) is 5.32 Å². The van der Waals surface area contributed by atoms with Crippen LogP contribution in [0.5, 0.6) is 0 Å². The summed E-state index contributed by atoms with van der Waals surface area (Å²) in [6, 6.07) is 0.452. The molecule has 0 aliphatic heterocycles. The molecule has 0 aromatic heterocycles. The molecular formula is C10H20N2O. The lowest BCUT2D eigenvalue weighted by molar-refractivity contribution is -0.124. The highest BCUT2D eigenvalue weighted by Gasteiger charge is 2.34. The van der Waals surface area contributed by atoms with E-state index in [1.807, 2.05) is 6.92 Å². The van der Waals surface area contributed by atoms with Gasteiger partial charge in [0, 0.05) is 12.0 Å². The third-order valence-corrected chi connectivity index (χ3v) is 2.73. The van der Waals surface area contributed by atoms with Gasteiger partial charge in [-0.15, -0.1) is 0 Å². The van der Waals surface area contributed by atoms with E-state index in [4.69, 9.17) is 5.73 Å². The maximum atomic E-state index is 11.5. The molecule has 3 unspecified atom stereocenters. The van der Waals surface area contributed by atoms with Crippen LogP contribution in [-0.4, -0.2) is 18.5 Å². The molecule has 0 bridgehead atoms. The van der Waals surface area contributed by atoms with Crippen LogP contribution in [0.4, 0.5) is 0 Å². The number of amides is 1. The molecule has 13 heavy (non-hydrogen) atoms. The summed E-state index contributed by atoms with van der Waals surface area (Å²) in [5.74, 6) is 1.00. The largest absolute Gasteiger partial charge is 0.353 e. The van der Waals surface area contributed by atoms with Gasteiger partial charge in [0.25, 0.3) is 0 Å². The Morgan fingerprint density at radius 2 is 2.31 bits per heavy atom. The number of carbonyl (C=O) groups excluding carboxylic acids is 1. The molecule has 0 aromatic rings. The molecule has 0 aromatic carbocycles. The highest BCUT2D eigenvalue weighted by Crippen LogP contribution is 2.29. The van der Waals surface area contributed by atoms with Crippen LogP contribution in [0, 0.1) is 11.8 Å². The minimum atomic E-state index is 0.122. The Bertz CT molecular complexity index is 182. The van der Waals surface area contributed by atoms with Gasteiger partial charge in [0.05, 0.1) is 0 Å². The van der Waals surface area contributed by atoms with E-state index < -0.39 is 0 Å². The van der Waals surface area contributed by atoms with Crippen molar-refractivity contribution < 1.29 is 4.79 Å². The Hall–Kier alpha value is -0.570. The van der Waals surface area contributed by atoms with Gasteiger partial charge >= 0.3 is 0 Å². The molecule has 1 fully saturated rings. The summed E-state index contributed by atoms with van der Waals surface area (Å²) in [5, 5.41) is 3.03. The van der Waals surface area contributed by atoms with E-state index in [1.165, 1.54) is 0 Å². The van der Waals surface area contributed by atoms with E-state index in [2.05, 4.69) is 12.2 Å². The van der Waals surface area contributed by atoms with Crippen molar-refractivity contribution in [2.45, 2.75) is 39.2 Å². The van der Waals surface area contributed by atoms with E-state index in [0.717, 1.165) is 19.3 Å². The average molecular weight is 184 g/mol. The second kappa shape index (κ2) is 4.61. The standard InChI is InChI=1S/C10H20N2O/c1-7(4-3-5-11)10(13)12-9-6-8(9)2/h7-9H,3-6,11H2,1-2H3,(H,12,13). The summed E-state index contributed by atoms with van der Waals surface area (Å²) >= 11 is 0. The first kappa shape index (κ1) is 10.5. The van der Waals surface area contributed by atoms with Crippen LogP contribution in [0.2, 0.25) is 0 Å². The number of rotatable bonds is 5. The maximum absolute atomic E-state index is 11.5. The predicted octanol–water partition coefficient (Wildman–Crippen LogP) is 0.886. The summed E-state index contributed by atoms with van der Waals surface area (Å²) in [6.45, 7) is 4.81. The molecule has 0 heterocycles. The SMILES string of the molecule is CC(CCCN)C(=O)NC1CC1C. The first-order valence-corrected chi connectivity index (χ1v) is 5.15. The maximum Gasteiger partial charge on any atom is 0.223 e. The van der Waals surface area contributed by atoms with Gasteiger partial charge in [-0.2, -0.15) is 0 Å². The van der Waals surface area contributed by atoms with E-state index >= 15 is 0 Å². The van der Waals surface area contributed by atoms with Crippen LogP contribution >= 0.6 is 0 Å². The summed E-state index contributed by atoms with van der Waals surface area (Å²) in [4.78, 5) is 11.5. The van der Waals surface area contributed by atoms with Gasteiger partial charge in [-0.25, -0.2) is 0 Å². The highest BCUT2D eigenvalue weighted by molar-refractivity contribution is 5.78. The van der Waals surface area contributed by atoms with Crippen molar-refractivity contribution in [3.8, 4) is 0 Å². The molecule has 3 atom stereocenters. The van der Waals surface area contributed by atoms with Gasteiger partial charge in [0.2, 0.25) is 5.91 Å².